The van der Waals surface area contributed by atoms with Crippen molar-refractivity contribution in [3.8, 4) is 0 Å². The second kappa shape index (κ2) is 10.3. The molecule has 1 aliphatic rings. The van der Waals surface area contributed by atoms with Crippen LogP contribution in [-0.4, -0.2) is 23.5 Å². The number of hydrogen-bond acceptors (Lipinski definition) is 6. The van der Waals surface area contributed by atoms with Crippen LogP contribution in [0.3, 0.4) is 0 Å². The maximum Gasteiger partial charge on any atom is 0.416 e. The molecular weight excluding hydrogens is 562 g/mol. The van der Waals surface area contributed by atoms with Crippen molar-refractivity contribution in [3.05, 3.63) is 99.1 Å². The molecule has 0 saturated heterocycles. The lowest BCUT2D eigenvalue weighted by molar-refractivity contribution is -0.256. The number of alkyl halides is 6. The first-order chi connectivity index (χ1) is 18.6. The van der Waals surface area contributed by atoms with Gasteiger partial charge in [-0.2, -0.15) is 26.3 Å². The maximum absolute atomic E-state index is 14.1. The van der Waals surface area contributed by atoms with Crippen molar-refractivity contribution in [1.82, 2.24) is 0 Å². The number of benzene rings is 3. The second-order valence-corrected chi connectivity index (χ2v) is 10.4. The van der Waals surface area contributed by atoms with Gasteiger partial charge in [0.2, 0.25) is 0 Å². The molecule has 0 atom stereocenters. The summed E-state index contributed by atoms with van der Waals surface area (Å²) in [5, 5.41) is 23.7. The van der Waals surface area contributed by atoms with E-state index in [0.29, 0.717) is 22.6 Å². The summed E-state index contributed by atoms with van der Waals surface area (Å²) >= 11 is 1.01. The summed E-state index contributed by atoms with van der Waals surface area (Å²) in [5.74, 6) is -5.15. The van der Waals surface area contributed by atoms with E-state index in [0.717, 1.165) is 36.0 Å². The molecule has 0 bridgehead atoms. The number of aromatic carboxylic acids is 2. The normalized spacial score (nSPS) is 15.0. The molecule has 0 N–H and O–H groups in total. The highest BCUT2D eigenvalue weighted by Crippen LogP contribution is 2.48. The Bertz CT molecular complexity index is 1450. The molecule has 3 aromatic carbocycles. The van der Waals surface area contributed by atoms with Gasteiger partial charge in [0.05, 0.1) is 28.5 Å². The molecule has 5 nitrogen and oxygen atoms in total. The third kappa shape index (κ3) is 5.32. The fourth-order valence-electron chi connectivity index (χ4n) is 5.05. The fraction of sp³-hybridized carbons (Fsp3) is 0.250. The molecule has 0 fully saturated rings. The fourth-order valence-corrected chi connectivity index (χ4v) is 6.42. The highest BCUT2D eigenvalue weighted by Gasteiger charge is 2.48. The minimum absolute atomic E-state index is 0.0234. The van der Waals surface area contributed by atoms with Crippen molar-refractivity contribution in [3.63, 3.8) is 0 Å². The molecule has 0 amide bonds. The van der Waals surface area contributed by atoms with Crippen LogP contribution in [-0.2, 0) is 25.2 Å². The standard InChI is InChI=1S/C28H20F6O5S/c1-14-5-2-8-17-22(14)40-13-26(23(17)35,11-18-15(24(36)37)6-3-9-20(18)27(29,30)31)12-19-16(25(38)39)7-4-10-21(19)28(32,33)34/h2-10H,11-13H2,1H3,(H,36,37)(H,38,39)/p-2. The smallest absolute Gasteiger partial charge is 0.416 e. The summed E-state index contributed by atoms with van der Waals surface area (Å²) in [5.41, 5.74) is -7.70. The number of carboxylic acid groups (broad SMARTS) is 2. The molecule has 210 valence electrons. The van der Waals surface area contributed by atoms with Gasteiger partial charge in [-0.3, -0.25) is 4.79 Å². The number of aryl methyl sites for hydroxylation is 1. The average Bonchev–Trinajstić information content (AvgIpc) is 2.85. The molecule has 12 heteroatoms. The topological polar surface area (TPSA) is 97.3 Å². The molecule has 0 aliphatic carbocycles. The first-order valence-corrected chi connectivity index (χ1v) is 12.6. The molecule has 4 rings (SSSR count). The van der Waals surface area contributed by atoms with E-state index in [1.54, 1.807) is 13.0 Å². The zero-order valence-electron chi connectivity index (χ0n) is 20.5. The van der Waals surface area contributed by atoms with Crippen molar-refractivity contribution >= 4 is 29.5 Å². The van der Waals surface area contributed by atoms with Crippen molar-refractivity contribution in [2.24, 2.45) is 5.41 Å². The number of fused-ring (bicyclic) bond motifs is 1. The molecule has 0 unspecified atom stereocenters. The van der Waals surface area contributed by atoms with Gasteiger partial charge in [-0.05, 0) is 48.6 Å². The van der Waals surface area contributed by atoms with Gasteiger partial charge in [-0.25, -0.2) is 0 Å². The van der Waals surface area contributed by atoms with Crippen molar-refractivity contribution in [1.29, 1.82) is 0 Å². The number of Topliss-reactive ketones (excluding diaryl/α,β-unsaturated/α-hetero) is 1. The number of carbonyl (C=O) groups is 3. The van der Waals surface area contributed by atoms with E-state index in [-0.39, 0.29) is 11.3 Å². The van der Waals surface area contributed by atoms with E-state index in [1.165, 1.54) is 12.1 Å². The predicted octanol–water partition coefficient (Wildman–Crippen LogP) is 4.52. The minimum atomic E-state index is -5.08. The largest absolute Gasteiger partial charge is 0.545 e. The SMILES string of the molecule is Cc1cccc2c1SCC(Cc1c(C(=O)[O-])cccc1C(F)(F)F)(Cc1c(C(=O)[O-])cccc1C(F)(F)F)C2=O. The van der Waals surface area contributed by atoms with Gasteiger partial charge in [0, 0.05) is 27.3 Å². The Labute approximate surface area is 227 Å². The van der Waals surface area contributed by atoms with Gasteiger partial charge in [0.25, 0.3) is 0 Å². The number of rotatable bonds is 6. The zero-order valence-corrected chi connectivity index (χ0v) is 21.4. The summed E-state index contributed by atoms with van der Waals surface area (Å²) in [7, 11) is 0. The molecule has 0 spiro atoms. The Balaban J connectivity index is 2.03. The monoisotopic (exact) mass is 580 g/mol. The number of thioether (sulfide) groups is 1. The number of ketones is 1. The molecule has 1 heterocycles. The predicted molar refractivity (Wildman–Crippen MR) is 128 cm³/mol. The van der Waals surface area contributed by atoms with Crippen molar-refractivity contribution in [2.75, 3.05) is 5.75 Å². The lowest BCUT2D eigenvalue weighted by atomic mass is 9.69. The van der Waals surface area contributed by atoms with Gasteiger partial charge < -0.3 is 19.8 Å². The quantitative estimate of drug-likeness (QED) is 0.398. The molecule has 3 aromatic rings. The Morgan fingerprint density at radius 1 is 0.800 bits per heavy atom. The summed E-state index contributed by atoms with van der Waals surface area (Å²) in [6.45, 7) is 1.67. The van der Waals surface area contributed by atoms with Crippen LogP contribution in [0.25, 0.3) is 0 Å². The number of halogens is 6. The van der Waals surface area contributed by atoms with E-state index >= 15 is 0 Å². The zero-order chi connectivity index (χ0) is 29.6. The molecular formula is C28H18F6O5S-2. The Morgan fingerprint density at radius 2 is 1.25 bits per heavy atom. The van der Waals surface area contributed by atoms with Gasteiger partial charge in [0.15, 0.2) is 5.78 Å². The highest BCUT2D eigenvalue weighted by atomic mass is 32.2. The van der Waals surface area contributed by atoms with Gasteiger partial charge in [-0.1, -0.05) is 42.5 Å². The number of carbonyl (C=O) groups excluding carboxylic acids is 3. The summed E-state index contributed by atoms with van der Waals surface area (Å²) < 4.78 is 84.2. The Morgan fingerprint density at radius 3 is 1.68 bits per heavy atom. The first kappa shape index (κ1) is 29.2. The Hall–Kier alpha value is -3.80. The molecule has 0 radical (unpaired) electrons. The van der Waals surface area contributed by atoms with E-state index in [1.807, 2.05) is 0 Å². The third-order valence-corrected chi connectivity index (χ3v) is 8.39. The summed E-state index contributed by atoms with van der Waals surface area (Å²) in [6, 6.07) is 9.12. The van der Waals surface area contributed by atoms with Crippen LogP contribution >= 0.6 is 11.8 Å². The highest BCUT2D eigenvalue weighted by molar-refractivity contribution is 7.99. The Kier molecular flexibility index (Phi) is 7.52. The van der Waals surface area contributed by atoms with Crippen LogP contribution in [0.5, 0.6) is 0 Å². The van der Waals surface area contributed by atoms with Gasteiger partial charge in [-0.15, -0.1) is 11.8 Å². The summed E-state index contributed by atoms with van der Waals surface area (Å²) in [4.78, 5) is 38.3. The van der Waals surface area contributed by atoms with Crippen LogP contribution in [0.2, 0.25) is 0 Å². The van der Waals surface area contributed by atoms with E-state index in [9.17, 15) is 50.9 Å². The van der Waals surface area contributed by atoms with Crippen LogP contribution in [0, 0.1) is 12.3 Å². The van der Waals surface area contributed by atoms with E-state index in [2.05, 4.69) is 0 Å². The summed E-state index contributed by atoms with van der Waals surface area (Å²) in [6.07, 6.45) is -12.1. The van der Waals surface area contributed by atoms with Crippen LogP contribution < -0.4 is 10.2 Å². The lowest BCUT2D eigenvalue weighted by Crippen LogP contribution is -2.43. The van der Waals surface area contributed by atoms with Gasteiger partial charge in [0.1, 0.15) is 0 Å². The van der Waals surface area contributed by atoms with E-state index < -0.39 is 81.7 Å². The number of hydrogen-bond donors (Lipinski definition) is 0. The van der Waals surface area contributed by atoms with Crippen LogP contribution in [0.1, 0.15) is 58.9 Å². The van der Waals surface area contributed by atoms with E-state index in [4.69, 9.17) is 0 Å². The third-order valence-electron chi connectivity index (χ3n) is 6.86. The first-order valence-electron chi connectivity index (χ1n) is 11.6. The maximum atomic E-state index is 14.1. The van der Waals surface area contributed by atoms with Gasteiger partial charge >= 0.3 is 12.4 Å². The minimum Gasteiger partial charge on any atom is -0.545 e. The average molecular weight is 581 g/mol. The molecule has 1 aliphatic heterocycles. The second-order valence-electron chi connectivity index (χ2n) is 9.44. The molecule has 0 saturated carbocycles. The van der Waals surface area contributed by atoms with Crippen LogP contribution in [0.4, 0.5) is 26.3 Å². The van der Waals surface area contributed by atoms with Crippen molar-refractivity contribution in [2.45, 2.75) is 37.0 Å². The number of carboxylic acids is 2. The van der Waals surface area contributed by atoms with Crippen LogP contribution in [0.15, 0.2) is 59.5 Å². The lowest BCUT2D eigenvalue weighted by Gasteiger charge is -2.39. The van der Waals surface area contributed by atoms with Crippen molar-refractivity contribution < 1.29 is 50.9 Å². The molecule has 0 aromatic heterocycles. The molecule has 40 heavy (non-hydrogen) atoms.